The van der Waals surface area contributed by atoms with E-state index in [4.69, 9.17) is 0 Å². The van der Waals surface area contributed by atoms with E-state index in [9.17, 15) is 8.42 Å². The molecular weight excluding hydrogens is 373 g/mol. The fourth-order valence-corrected chi connectivity index (χ4v) is 5.59. The van der Waals surface area contributed by atoms with Crippen LogP contribution in [0, 0.1) is 14.9 Å². The van der Waals surface area contributed by atoms with Crippen molar-refractivity contribution >= 4 is 32.4 Å². The van der Waals surface area contributed by atoms with E-state index in [2.05, 4.69) is 52.2 Å². The van der Waals surface area contributed by atoms with Gasteiger partial charge in [0.1, 0.15) is 0 Å². The molecule has 5 heteroatoms. The van der Waals surface area contributed by atoms with Crippen LogP contribution in [0.15, 0.2) is 24.3 Å². The lowest BCUT2D eigenvalue weighted by molar-refractivity contribution is 0.0925. The summed E-state index contributed by atoms with van der Waals surface area (Å²) in [7, 11) is -2.78. The fraction of sp³-hybridized carbons (Fsp3) is 0.571. The molecule has 0 aliphatic carbocycles. The molecule has 0 aromatic heterocycles. The van der Waals surface area contributed by atoms with Crippen LogP contribution in [0.4, 0.5) is 0 Å². The van der Waals surface area contributed by atoms with Gasteiger partial charge in [0, 0.05) is 22.1 Å². The van der Waals surface area contributed by atoms with Gasteiger partial charge in [-0.2, -0.15) is 0 Å². The minimum atomic E-state index is -2.78. The zero-order chi connectivity index (χ0) is 13.5. The molecule has 3 nitrogen and oxygen atoms in total. The van der Waals surface area contributed by atoms with Gasteiger partial charge in [-0.1, -0.05) is 12.1 Å². The van der Waals surface area contributed by atoms with Gasteiger partial charge in [-0.15, -0.1) is 0 Å². The Bertz CT molecular complexity index is 564. The highest BCUT2D eigenvalue weighted by molar-refractivity contribution is 14.1. The third kappa shape index (κ3) is 2.83. The minimum Gasteiger partial charge on any atom is -0.315 e. The maximum Gasteiger partial charge on any atom is 0.150 e. The van der Waals surface area contributed by atoms with Crippen LogP contribution in [0.3, 0.4) is 0 Å². The predicted molar refractivity (Wildman–Crippen MR) is 84.9 cm³/mol. The molecule has 0 saturated carbocycles. The molecule has 2 saturated heterocycles. The smallest absolute Gasteiger partial charge is 0.150 e. The average molecular weight is 391 g/mol. The Balaban J connectivity index is 1.78. The number of halogens is 1. The standard InChI is InChI=1S/C14H18INO2S/c15-13-3-1-11(2-4-13)7-14(9-16-10-14)12-5-6-19(17,18)8-12/h1-4,12,16H,5-10H2. The van der Waals surface area contributed by atoms with Crippen molar-refractivity contribution in [2.24, 2.45) is 11.3 Å². The molecule has 2 aliphatic heterocycles. The summed E-state index contributed by atoms with van der Waals surface area (Å²) in [5, 5.41) is 3.34. The van der Waals surface area contributed by atoms with Crippen molar-refractivity contribution in [2.45, 2.75) is 12.8 Å². The highest BCUT2D eigenvalue weighted by atomic mass is 127. The van der Waals surface area contributed by atoms with Crippen molar-refractivity contribution in [3.05, 3.63) is 33.4 Å². The van der Waals surface area contributed by atoms with Crippen LogP contribution < -0.4 is 5.32 Å². The predicted octanol–water partition coefficient (Wildman–Crippen LogP) is 1.86. The summed E-state index contributed by atoms with van der Waals surface area (Å²) in [6.45, 7) is 1.92. The molecular formula is C14H18INO2S. The van der Waals surface area contributed by atoms with E-state index in [1.807, 2.05) is 0 Å². The quantitative estimate of drug-likeness (QED) is 0.801. The normalized spacial score (nSPS) is 27.9. The van der Waals surface area contributed by atoms with Crippen molar-refractivity contribution in [3.8, 4) is 0 Å². The summed E-state index contributed by atoms with van der Waals surface area (Å²) in [6.07, 6.45) is 1.84. The SMILES string of the molecule is O=S1(=O)CCC(C2(Cc3ccc(I)cc3)CNC2)C1. The second-order valence-electron chi connectivity index (χ2n) is 5.87. The first-order valence-electron chi connectivity index (χ1n) is 6.65. The number of sulfone groups is 1. The van der Waals surface area contributed by atoms with Crippen LogP contribution in [0.1, 0.15) is 12.0 Å². The van der Waals surface area contributed by atoms with Gasteiger partial charge >= 0.3 is 0 Å². The van der Waals surface area contributed by atoms with E-state index in [-0.39, 0.29) is 5.41 Å². The summed E-state index contributed by atoms with van der Waals surface area (Å²) in [4.78, 5) is 0. The lowest BCUT2D eigenvalue weighted by atomic mass is 9.67. The molecule has 0 amide bonds. The number of benzene rings is 1. The summed E-state index contributed by atoms with van der Waals surface area (Å²) < 4.78 is 24.6. The molecule has 0 bridgehead atoms. The molecule has 1 aromatic carbocycles. The van der Waals surface area contributed by atoms with Crippen LogP contribution in [-0.2, 0) is 16.3 Å². The summed E-state index contributed by atoms with van der Waals surface area (Å²) in [5.41, 5.74) is 1.49. The number of hydrogen-bond acceptors (Lipinski definition) is 3. The maximum atomic E-state index is 11.7. The first kappa shape index (κ1) is 13.8. The van der Waals surface area contributed by atoms with Gasteiger partial charge < -0.3 is 5.32 Å². The molecule has 1 atom stereocenters. The molecule has 2 heterocycles. The van der Waals surface area contributed by atoms with Crippen LogP contribution in [0.2, 0.25) is 0 Å². The van der Waals surface area contributed by atoms with Crippen LogP contribution in [0.25, 0.3) is 0 Å². The zero-order valence-corrected chi connectivity index (χ0v) is 13.7. The molecule has 0 spiro atoms. The molecule has 19 heavy (non-hydrogen) atoms. The van der Waals surface area contributed by atoms with Gasteiger partial charge in [-0.3, -0.25) is 0 Å². The third-order valence-electron chi connectivity index (χ3n) is 4.52. The Morgan fingerprint density at radius 2 is 1.95 bits per heavy atom. The second-order valence-corrected chi connectivity index (χ2v) is 9.34. The largest absolute Gasteiger partial charge is 0.315 e. The Hall–Kier alpha value is -0.140. The zero-order valence-electron chi connectivity index (χ0n) is 10.7. The van der Waals surface area contributed by atoms with E-state index < -0.39 is 9.84 Å². The molecule has 1 aromatic rings. The van der Waals surface area contributed by atoms with Crippen LogP contribution in [0.5, 0.6) is 0 Å². The lowest BCUT2D eigenvalue weighted by Gasteiger charge is -2.47. The molecule has 3 rings (SSSR count). The van der Waals surface area contributed by atoms with E-state index in [1.54, 1.807) is 0 Å². The van der Waals surface area contributed by atoms with E-state index in [0.29, 0.717) is 17.4 Å². The summed E-state index contributed by atoms with van der Waals surface area (Å²) >= 11 is 2.31. The Morgan fingerprint density at radius 1 is 1.26 bits per heavy atom. The molecule has 0 radical (unpaired) electrons. The minimum absolute atomic E-state index is 0.163. The van der Waals surface area contributed by atoms with Crippen molar-refractivity contribution in [1.82, 2.24) is 5.32 Å². The van der Waals surface area contributed by atoms with Gasteiger partial charge in [0.05, 0.1) is 11.5 Å². The second kappa shape index (κ2) is 5.00. The number of nitrogens with one attached hydrogen (secondary N) is 1. The Labute approximate surface area is 128 Å². The monoisotopic (exact) mass is 391 g/mol. The van der Waals surface area contributed by atoms with Gasteiger partial charge in [0.2, 0.25) is 0 Å². The van der Waals surface area contributed by atoms with Crippen LogP contribution >= 0.6 is 22.6 Å². The lowest BCUT2D eigenvalue weighted by Crippen LogP contribution is -2.59. The number of rotatable bonds is 3. The molecule has 2 aliphatic rings. The molecule has 1 unspecified atom stereocenters. The van der Waals surface area contributed by atoms with Gasteiger partial charge in [0.25, 0.3) is 0 Å². The summed E-state index contributed by atoms with van der Waals surface area (Å²) in [5.74, 6) is 1.10. The number of hydrogen-bond donors (Lipinski definition) is 1. The molecule has 104 valence electrons. The van der Waals surface area contributed by atoms with Crippen molar-refractivity contribution < 1.29 is 8.42 Å². The Morgan fingerprint density at radius 3 is 2.42 bits per heavy atom. The van der Waals surface area contributed by atoms with Gasteiger partial charge in [-0.05, 0) is 59.0 Å². The summed E-state index contributed by atoms with van der Waals surface area (Å²) in [6, 6.07) is 8.60. The van der Waals surface area contributed by atoms with Crippen molar-refractivity contribution in [3.63, 3.8) is 0 Å². The average Bonchev–Trinajstić information content (AvgIpc) is 2.67. The highest BCUT2D eigenvalue weighted by Crippen LogP contribution is 2.41. The highest BCUT2D eigenvalue weighted by Gasteiger charge is 2.48. The van der Waals surface area contributed by atoms with Crippen LogP contribution in [-0.4, -0.2) is 33.0 Å². The topological polar surface area (TPSA) is 46.2 Å². The van der Waals surface area contributed by atoms with E-state index in [0.717, 1.165) is 25.9 Å². The van der Waals surface area contributed by atoms with Crippen molar-refractivity contribution in [2.75, 3.05) is 24.6 Å². The Kier molecular flexibility index (Phi) is 3.64. The van der Waals surface area contributed by atoms with Gasteiger partial charge in [-0.25, -0.2) is 8.42 Å². The van der Waals surface area contributed by atoms with Gasteiger partial charge in [0.15, 0.2) is 9.84 Å². The van der Waals surface area contributed by atoms with E-state index in [1.165, 1.54) is 9.13 Å². The maximum absolute atomic E-state index is 11.7. The first-order valence-corrected chi connectivity index (χ1v) is 9.55. The fourth-order valence-electron chi connectivity index (χ4n) is 3.29. The molecule has 2 fully saturated rings. The first-order chi connectivity index (χ1) is 8.99. The third-order valence-corrected chi connectivity index (χ3v) is 7.01. The molecule has 1 N–H and O–H groups in total. The van der Waals surface area contributed by atoms with E-state index >= 15 is 0 Å². The van der Waals surface area contributed by atoms with Crippen molar-refractivity contribution in [1.29, 1.82) is 0 Å².